The number of hydrogen-bond acceptors (Lipinski definition) is 9. The van der Waals surface area contributed by atoms with Crippen LogP contribution in [-0.4, -0.2) is 50.7 Å². The van der Waals surface area contributed by atoms with Gasteiger partial charge in [-0.25, -0.2) is 0 Å². The lowest BCUT2D eigenvalue weighted by molar-refractivity contribution is 0.0322. The first-order valence-corrected chi connectivity index (χ1v) is 10.4. The molecule has 2 aromatic carbocycles. The Morgan fingerprint density at radius 2 is 1.79 bits per heavy atom. The molecular weight excluding hydrogens is 448 g/mol. The lowest BCUT2D eigenvalue weighted by atomic mass is 9.99. The van der Waals surface area contributed by atoms with Gasteiger partial charge in [0.05, 0.1) is 12.7 Å². The molecule has 0 saturated carbocycles. The van der Waals surface area contributed by atoms with Gasteiger partial charge in [-0.1, -0.05) is 12.1 Å². The largest absolute Gasteiger partial charge is 0.506 e. The maximum Gasteiger partial charge on any atom is 0.193 e. The normalized spacial score (nSPS) is 16.9. The van der Waals surface area contributed by atoms with Gasteiger partial charge >= 0.3 is 0 Å². The van der Waals surface area contributed by atoms with Gasteiger partial charge in [0.25, 0.3) is 0 Å². The molecule has 0 spiro atoms. The summed E-state index contributed by atoms with van der Waals surface area (Å²) in [6.45, 7) is 1.84. The summed E-state index contributed by atoms with van der Waals surface area (Å²) < 4.78 is 32.0. The average molecular weight is 475 g/mol. The molecule has 0 radical (unpaired) electrons. The summed E-state index contributed by atoms with van der Waals surface area (Å²) in [6.07, 6.45) is 6.28. The van der Waals surface area contributed by atoms with Crippen LogP contribution in [0.25, 0.3) is 12.2 Å². The first kappa shape index (κ1) is 24.5. The van der Waals surface area contributed by atoms with Crippen LogP contribution in [0.4, 0.5) is 0 Å². The molecule has 0 aromatic heterocycles. The van der Waals surface area contributed by atoms with Crippen molar-refractivity contribution in [2.75, 3.05) is 34.9 Å². The third-order valence-electron chi connectivity index (χ3n) is 4.67. The summed E-state index contributed by atoms with van der Waals surface area (Å²) in [6, 6.07) is 6.71. The molecule has 1 aliphatic rings. The zero-order chi connectivity index (χ0) is 24.0. The fraction of sp³-hybridized carbons (Fsp3) is 0.292. The van der Waals surface area contributed by atoms with Crippen LogP contribution >= 0.6 is 12.6 Å². The van der Waals surface area contributed by atoms with Crippen molar-refractivity contribution < 1.29 is 38.3 Å². The molecule has 1 aliphatic heterocycles. The van der Waals surface area contributed by atoms with Crippen molar-refractivity contribution in [3.8, 4) is 28.7 Å². The standard InChI is InChI=1S/C24H26O8S/c1-24(33)10-9-16-19(32-24)12-21(29-4)22(23(16)26)17(25)7-5-15-6-8-18(30-13-27-2)20(11-15)31-14-28-3/h5-12,26,33H,13-14H2,1-4H3/b7-5+. The van der Waals surface area contributed by atoms with Gasteiger partial charge in [0.15, 0.2) is 35.8 Å². The Bertz CT molecular complexity index is 1070. The number of methoxy groups -OCH3 is 3. The highest BCUT2D eigenvalue weighted by molar-refractivity contribution is 7.81. The molecule has 0 aliphatic carbocycles. The Hall–Kier alpha value is -3.14. The van der Waals surface area contributed by atoms with Crippen molar-refractivity contribution in [2.24, 2.45) is 0 Å². The number of rotatable bonds is 10. The number of phenols is 1. The van der Waals surface area contributed by atoms with Crippen molar-refractivity contribution in [3.63, 3.8) is 0 Å². The van der Waals surface area contributed by atoms with E-state index in [0.29, 0.717) is 28.4 Å². The zero-order valence-electron chi connectivity index (χ0n) is 18.8. The van der Waals surface area contributed by atoms with E-state index >= 15 is 0 Å². The van der Waals surface area contributed by atoms with Crippen LogP contribution in [0.5, 0.6) is 28.7 Å². The molecule has 1 unspecified atom stereocenters. The van der Waals surface area contributed by atoms with Crippen LogP contribution in [0.3, 0.4) is 0 Å². The van der Waals surface area contributed by atoms with Gasteiger partial charge < -0.3 is 33.5 Å². The van der Waals surface area contributed by atoms with Crippen molar-refractivity contribution in [1.29, 1.82) is 0 Å². The van der Waals surface area contributed by atoms with E-state index in [1.807, 2.05) is 0 Å². The van der Waals surface area contributed by atoms with E-state index in [1.54, 1.807) is 49.4 Å². The highest BCUT2D eigenvalue weighted by atomic mass is 32.1. The Morgan fingerprint density at radius 3 is 2.45 bits per heavy atom. The third-order valence-corrected chi connectivity index (χ3v) is 4.91. The molecule has 8 nitrogen and oxygen atoms in total. The predicted molar refractivity (Wildman–Crippen MR) is 127 cm³/mol. The number of phenolic OH excluding ortho intramolecular Hbond substituents is 1. The molecule has 0 saturated heterocycles. The highest BCUT2D eigenvalue weighted by Gasteiger charge is 2.29. The SMILES string of the molecule is COCOc1ccc(/C=C/C(=O)c2c(OC)cc3c(c2O)C=CC(C)(S)O3)cc1OCOC. The topological polar surface area (TPSA) is 92.7 Å². The molecule has 33 heavy (non-hydrogen) atoms. The van der Waals surface area contributed by atoms with E-state index in [2.05, 4.69) is 12.6 Å². The maximum absolute atomic E-state index is 13.0. The van der Waals surface area contributed by atoms with Gasteiger partial charge in [-0.3, -0.25) is 4.79 Å². The minimum absolute atomic E-state index is 0.0244. The molecule has 9 heteroatoms. The number of carbonyl (C=O) groups excluding carboxylic acids is 1. The first-order valence-electron chi connectivity index (χ1n) is 9.94. The summed E-state index contributed by atoms with van der Waals surface area (Å²) >= 11 is 4.39. The lowest BCUT2D eigenvalue weighted by Gasteiger charge is -2.28. The average Bonchev–Trinajstić information content (AvgIpc) is 2.79. The van der Waals surface area contributed by atoms with Crippen molar-refractivity contribution in [3.05, 3.63) is 53.1 Å². The number of benzene rings is 2. The Morgan fingerprint density at radius 1 is 1.09 bits per heavy atom. The number of aromatic hydroxyl groups is 1. The Balaban J connectivity index is 1.90. The molecule has 2 aromatic rings. The quantitative estimate of drug-likeness (QED) is 0.228. The third kappa shape index (κ3) is 5.81. The van der Waals surface area contributed by atoms with Gasteiger partial charge in [0.1, 0.15) is 22.8 Å². The number of ketones is 1. The highest BCUT2D eigenvalue weighted by Crippen LogP contribution is 2.44. The summed E-state index contributed by atoms with van der Waals surface area (Å²) in [5.74, 6) is 0.777. The fourth-order valence-corrected chi connectivity index (χ4v) is 3.31. The molecule has 1 N–H and O–H groups in total. The van der Waals surface area contributed by atoms with E-state index in [9.17, 15) is 9.90 Å². The van der Waals surface area contributed by atoms with Crippen LogP contribution < -0.4 is 18.9 Å². The molecule has 0 fully saturated rings. The van der Waals surface area contributed by atoms with Gasteiger partial charge in [0.2, 0.25) is 0 Å². The summed E-state index contributed by atoms with van der Waals surface area (Å²) in [5.41, 5.74) is 1.08. The molecule has 0 amide bonds. The number of thiol groups is 1. The molecule has 176 valence electrons. The van der Waals surface area contributed by atoms with Crippen molar-refractivity contribution in [2.45, 2.75) is 11.9 Å². The van der Waals surface area contributed by atoms with Crippen molar-refractivity contribution >= 4 is 30.6 Å². The summed E-state index contributed by atoms with van der Waals surface area (Å²) in [7, 11) is 4.44. The second kappa shape index (κ2) is 10.7. The van der Waals surface area contributed by atoms with E-state index in [4.69, 9.17) is 28.4 Å². The number of allylic oxidation sites excluding steroid dienone is 1. The zero-order valence-corrected chi connectivity index (χ0v) is 19.7. The van der Waals surface area contributed by atoms with Crippen LogP contribution in [0.1, 0.15) is 28.4 Å². The smallest absolute Gasteiger partial charge is 0.193 e. The van der Waals surface area contributed by atoms with Gasteiger partial charge in [-0.15, -0.1) is 12.6 Å². The predicted octanol–water partition coefficient (Wildman–Crippen LogP) is 4.31. The van der Waals surface area contributed by atoms with E-state index in [-0.39, 0.29) is 30.6 Å². The Kier molecular flexibility index (Phi) is 7.91. The second-order valence-electron chi connectivity index (χ2n) is 7.21. The number of ether oxygens (including phenoxy) is 6. The number of hydrogen-bond donors (Lipinski definition) is 2. The summed E-state index contributed by atoms with van der Waals surface area (Å²) in [5, 5.41) is 10.8. The summed E-state index contributed by atoms with van der Waals surface area (Å²) in [4.78, 5) is 12.2. The lowest BCUT2D eigenvalue weighted by Crippen LogP contribution is -2.24. The molecule has 1 heterocycles. The number of fused-ring (bicyclic) bond motifs is 1. The van der Waals surface area contributed by atoms with E-state index < -0.39 is 10.7 Å². The minimum atomic E-state index is -0.836. The van der Waals surface area contributed by atoms with E-state index in [0.717, 1.165) is 0 Å². The Labute approximate surface area is 197 Å². The first-order chi connectivity index (χ1) is 15.8. The van der Waals surface area contributed by atoms with Crippen LogP contribution in [-0.2, 0) is 9.47 Å². The van der Waals surface area contributed by atoms with Gasteiger partial charge in [-0.05, 0) is 42.8 Å². The van der Waals surface area contributed by atoms with Gasteiger partial charge in [0, 0.05) is 20.3 Å². The van der Waals surface area contributed by atoms with Gasteiger partial charge in [-0.2, -0.15) is 0 Å². The molecule has 3 rings (SSSR count). The second-order valence-corrected chi connectivity index (χ2v) is 8.10. The van der Waals surface area contributed by atoms with Crippen molar-refractivity contribution in [1.82, 2.24) is 0 Å². The molecule has 0 bridgehead atoms. The fourth-order valence-electron chi connectivity index (χ4n) is 3.14. The maximum atomic E-state index is 13.0. The van der Waals surface area contributed by atoms with Crippen LogP contribution in [0.15, 0.2) is 36.4 Å². The minimum Gasteiger partial charge on any atom is -0.506 e. The van der Waals surface area contributed by atoms with Crippen LogP contribution in [0.2, 0.25) is 0 Å². The van der Waals surface area contributed by atoms with Crippen LogP contribution in [0, 0.1) is 0 Å². The molecular formula is C24H26O8S. The number of carbonyl (C=O) groups is 1. The van der Waals surface area contributed by atoms with E-state index in [1.165, 1.54) is 27.4 Å². The molecule has 1 atom stereocenters. The monoisotopic (exact) mass is 474 g/mol.